The van der Waals surface area contributed by atoms with Gasteiger partial charge >= 0.3 is 5.97 Å². The molecule has 0 aromatic carbocycles. The van der Waals surface area contributed by atoms with Gasteiger partial charge in [0.25, 0.3) is 0 Å². The zero-order valence-corrected chi connectivity index (χ0v) is 19.4. The summed E-state index contributed by atoms with van der Waals surface area (Å²) in [6, 6.07) is 0. The summed E-state index contributed by atoms with van der Waals surface area (Å²) in [6.07, 6.45) is 12.1. The summed E-state index contributed by atoms with van der Waals surface area (Å²) in [5.74, 6) is 0.558. The Morgan fingerprint density at radius 3 is 2.67 bits per heavy atom. The smallest absolute Gasteiger partial charge is 0.342 e. The van der Waals surface area contributed by atoms with Crippen molar-refractivity contribution >= 4 is 29.1 Å². The molecule has 5 nitrogen and oxygen atoms in total. The third kappa shape index (κ3) is 9.74. The van der Waals surface area contributed by atoms with Crippen LogP contribution in [-0.2, 0) is 19.1 Å². The fourth-order valence-electron chi connectivity index (χ4n) is 4.07. The first-order valence-corrected chi connectivity index (χ1v) is 12.1. The molecule has 1 N–H and O–H groups in total. The minimum Gasteiger partial charge on any atom is -0.464 e. The molecule has 1 rings (SSSR count). The number of hydrogen-bond acceptors (Lipinski definition) is 5. The second kappa shape index (κ2) is 15.6. The summed E-state index contributed by atoms with van der Waals surface area (Å²) in [5.41, 5.74) is 0. The lowest BCUT2D eigenvalue weighted by molar-refractivity contribution is -0.157. The number of Topliss-reactive ketones (excluding diaryl/α,β-unsaturated/α-hetero) is 2. The number of hydrogen-bond donors (Lipinski definition) is 1. The molecular formula is C24H39ClO5. The van der Waals surface area contributed by atoms with E-state index in [9.17, 15) is 19.5 Å². The summed E-state index contributed by atoms with van der Waals surface area (Å²) in [4.78, 5) is 35.5. The van der Waals surface area contributed by atoms with Gasteiger partial charge in [0, 0.05) is 24.6 Å². The molecule has 0 aliphatic heterocycles. The number of allylic oxidation sites excluding steroid dienone is 2. The van der Waals surface area contributed by atoms with Crippen LogP contribution in [0.2, 0.25) is 0 Å². The molecule has 0 radical (unpaired) electrons. The predicted octanol–water partition coefficient (Wildman–Crippen LogP) is 5.02. The molecule has 6 heteroatoms. The Labute approximate surface area is 186 Å². The van der Waals surface area contributed by atoms with Crippen molar-refractivity contribution in [1.82, 2.24) is 0 Å². The van der Waals surface area contributed by atoms with E-state index in [4.69, 9.17) is 11.6 Å². The summed E-state index contributed by atoms with van der Waals surface area (Å²) >= 11 is 6.07. The third-order valence-electron chi connectivity index (χ3n) is 5.94. The molecule has 0 spiro atoms. The quantitative estimate of drug-likeness (QED) is 0.119. The van der Waals surface area contributed by atoms with Crippen LogP contribution in [0.15, 0.2) is 12.2 Å². The maximum atomic E-state index is 12.3. The van der Waals surface area contributed by atoms with Gasteiger partial charge in [-0.25, -0.2) is 4.79 Å². The Bertz CT molecular complexity index is 560. The number of carbonyl (C=O) groups is 3. The van der Waals surface area contributed by atoms with E-state index in [-0.39, 0.29) is 18.9 Å². The number of rotatable bonds is 16. The number of halogens is 1. The minimum absolute atomic E-state index is 0.0761. The van der Waals surface area contributed by atoms with Gasteiger partial charge in [-0.2, -0.15) is 0 Å². The van der Waals surface area contributed by atoms with Crippen LogP contribution in [0.4, 0.5) is 0 Å². The highest BCUT2D eigenvalue weighted by atomic mass is 35.5. The third-order valence-corrected chi connectivity index (χ3v) is 6.38. The van der Waals surface area contributed by atoms with Crippen LogP contribution >= 0.6 is 11.6 Å². The van der Waals surface area contributed by atoms with Gasteiger partial charge in [0.2, 0.25) is 6.10 Å². The first-order chi connectivity index (χ1) is 14.4. The number of aliphatic hydroxyl groups is 1. The van der Waals surface area contributed by atoms with Crippen molar-refractivity contribution in [1.29, 1.82) is 0 Å². The Kier molecular flexibility index (Phi) is 13.9. The molecule has 1 fully saturated rings. The average molecular weight is 443 g/mol. The van der Waals surface area contributed by atoms with Crippen molar-refractivity contribution < 1.29 is 24.2 Å². The van der Waals surface area contributed by atoms with Gasteiger partial charge in [0.05, 0.1) is 6.61 Å². The molecule has 0 aromatic heterocycles. The number of unbranched alkanes of at least 4 members (excludes halogenated alkanes) is 3. The Morgan fingerprint density at radius 2 is 2.00 bits per heavy atom. The van der Waals surface area contributed by atoms with E-state index in [1.807, 2.05) is 0 Å². The van der Waals surface area contributed by atoms with Crippen LogP contribution in [0, 0.1) is 17.8 Å². The molecule has 1 aliphatic rings. The number of alkyl halides is 1. The van der Waals surface area contributed by atoms with E-state index in [1.165, 1.54) is 12.8 Å². The summed E-state index contributed by atoms with van der Waals surface area (Å²) in [7, 11) is 0. The van der Waals surface area contributed by atoms with Crippen molar-refractivity contribution in [2.24, 2.45) is 17.8 Å². The monoisotopic (exact) mass is 442 g/mol. The van der Waals surface area contributed by atoms with E-state index in [0.717, 1.165) is 38.5 Å². The van der Waals surface area contributed by atoms with Crippen LogP contribution < -0.4 is 0 Å². The van der Waals surface area contributed by atoms with E-state index in [2.05, 4.69) is 23.8 Å². The maximum Gasteiger partial charge on any atom is 0.342 e. The van der Waals surface area contributed by atoms with Gasteiger partial charge < -0.3 is 9.84 Å². The second-order valence-electron chi connectivity index (χ2n) is 8.32. The minimum atomic E-state index is -1.68. The molecule has 0 heterocycles. The van der Waals surface area contributed by atoms with Crippen LogP contribution in [0.1, 0.15) is 84.5 Å². The molecule has 1 unspecified atom stereocenters. The van der Waals surface area contributed by atoms with Gasteiger partial charge in [-0.3, -0.25) is 9.59 Å². The fraction of sp³-hybridized carbons (Fsp3) is 0.792. The summed E-state index contributed by atoms with van der Waals surface area (Å²) in [6.45, 7) is 3.96. The molecule has 1 aliphatic carbocycles. The van der Waals surface area contributed by atoms with E-state index in [0.29, 0.717) is 36.3 Å². The highest BCUT2D eigenvalue weighted by Gasteiger charge is 2.32. The number of esters is 1. The highest BCUT2D eigenvalue weighted by Crippen LogP contribution is 2.34. The number of ether oxygens (including phenoxy) is 1. The van der Waals surface area contributed by atoms with Crippen LogP contribution in [-0.4, -0.2) is 41.2 Å². The summed E-state index contributed by atoms with van der Waals surface area (Å²) < 4.78 is 4.66. The lowest BCUT2D eigenvalue weighted by atomic mass is 9.89. The van der Waals surface area contributed by atoms with Crippen LogP contribution in [0.3, 0.4) is 0 Å². The average Bonchev–Trinajstić information content (AvgIpc) is 3.09. The molecule has 172 valence electrons. The fourth-order valence-corrected chi connectivity index (χ4v) is 4.35. The van der Waals surface area contributed by atoms with Crippen molar-refractivity contribution in [3.8, 4) is 0 Å². The first kappa shape index (κ1) is 26.8. The van der Waals surface area contributed by atoms with Crippen molar-refractivity contribution in [3.05, 3.63) is 12.2 Å². The zero-order valence-electron chi connectivity index (χ0n) is 18.6. The highest BCUT2D eigenvalue weighted by molar-refractivity contribution is 6.18. The largest absolute Gasteiger partial charge is 0.464 e. The summed E-state index contributed by atoms with van der Waals surface area (Å²) in [5, 5.41) is 9.62. The topological polar surface area (TPSA) is 80.7 Å². The van der Waals surface area contributed by atoms with E-state index >= 15 is 0 Å². The zero-order chi connectivity index (χ0) is 22.4. The molecule has 4 atom stereocenters. The predicted molar refractivity (Wildman–Crippen MR) is 119 cm³/mol. The lowest BCUT2D eigenvalue weighted by Gasteiger charge is -2.16. The Hall–Kier alpha value is -1.20. The van der Waals surface area contributed by atoms with Gasteiger partial charge in [0.1, 0.15) is 5.78 Å². The molecular weight excluding hydrogens is 404 g/mol. The first-order valence-electron chi connectivity index (χ1n) is 11.6. The molecule has 0 amide bonds. The lowest BCUT2D eigenvalue weighted by Crippen LogP contribution is -2.31. The molecule has 0 saturated heterocycles. The second-order valence-corrected chi connectivity index (χ2v) is 8.63. The normalized spacial score (nSPS) is 21.1. The standard InChI is InChI=1S/C24H39ClO5/c1-3-5-10-18(17-25)11-9-12-19-15-16-21(26)20(19)13-7-6-8-14-22(27)23(28)24(29)30-4-2/h9,12,18-20,23,28H,3-8,10-11,13-17H2,1-2H3/t18-,19+,20-,23?/m1/s1. The Balaban J connectivity index is 2.33. The van der Waals surface area contributed by atoms with Crippen molar-refractivity contribution in [2.45, 2.75) is 90.6 Å². The van der Waals surface area contributed by atoms with Gasteiger partial charge in [0.15, 0.2) is 5.78 Å². The van der Waals surface area contributed by atoms with Crippen molar-refractivity contribution in [3.63, 3.8) is 0 Å². The van der Waals surface area contributed by atoms with E-state index in [1.54, 1.807) is 6.92 Å². The van der Waals surface area contributed by atoms with Gasteiger partial charge in [-0.1, -0.05) is 44.8 Å². The SMILES string of the molecule is CCCC[C@@H](CCl)CC=C[C@H]1CCC(=O)[C@@H]1CCCCCC(=O)C(O)C(=O)OCC. The molecule has 0 aromatic rings. The van der Waals surface area contributed by atoms with Crippen molar-refractivity contribution in [2.75, 3.05) is 12.5 Å². The number of ketones is 2. The molecule has 1 saturated carbocycles. The molecule has 30 heavy (non-hydrogen) atoms. The van der Waals surface area contributed by atoms with Crippen LogP contribution in [0.5, 0.6) is 0 Å². The van der Waals surface area contributed by atoms with Crippen LogP contribution in [0.25, 0.3) is 0 Å². The van der Waals surface area contributed by atoms with Gasteiger partial charge in [-0.15, -0.1) is 11.6 Å². The maximum absolute atomic E-state index is 12.3. The number of aliphatic hydroxyl groups excluding tert-OH is 1. The van der Waals surface area contributed by atoms with Gasteiger partial charge in [-0.05, 0) is 50.9 Å². The number of carbonyl (C=O) groups excluding carboxylic acids is 3. The van der Waals surface area contributed by atoms with E-state index < -0.39 is 17.9 Å². The molecule has 0 bridgehead atoms. The Morgan fingerprint density at radius 1 is 1.23 bits per heavy atom.